The molecule has 0 saturated heterocycles. The fraction of sp³-hybridized carbons (Fsp3) is 0.381. The molecule has 178 valence electrons. The second kappa shape index (κ2) is 10.0. The average Bonchev–Trinajstić information content (AvgIpc) is 3.14. The fourth-order valence-electron chi connectivity index (χ4n) is 2.90. The third kappa shape index (κ3) is 6.09. The Bertz CT molecular complexity index is 1130. The van der Waals surface area contributed by atoms with E-state index in [0.717, 1.165) is 6.07 Å². The summed E-state index contributed by atoms with van der Waals surface area (Å²) in [4.78, 5) is 16.2. The maximum Gasteiger partial charge on any atom is 0.419 e. The molecule has 0 bridgehead atoms. The third-order valence-electron chi connectivity index (χ3n) is 4.31. The van der Waals surface area contributed by atoms with Crippen LogP contribution in [-0.4, -0.2) is 51.5 Å². The summed E-state index contributed by atoms with van der Waals surface area (Å²) < 4.78 is 65.4. The molecule has 0 aliphatic heterocycles. The summed E-state index contributed by atoms with van der Waals surface area (Å²) in [5.41, 5.74) is -1.15. The van der Waals surface area contributed by atoms with Gasteiger partial charge in [0.15, 0.2) is 6.61 Å². The molecular formula is C21H22F4N4O4. The molecular weight excluding hydrogens is 448 g/mol. The number of carbonyl (C=O) groups is 1. The molecule has 0 atom stereocenters. The highest BCUT2D eigenvalue weighted by atomic mass is 19.4. The first kappa shape index (κ1) is 24.2. The number of rotatable bonds is 9. The van der Waals surface area contributed by atoms with Gasteiger partial charge in [-0.2, -0.15) is 13.2 Å². The van der Waals surface area contributed by atoms with Gasteiger partial charge < -0.3 is 19.9 Å². The lowest BCUT2D eigenvalue weighted by Gasteiger charge is -2.12. The molecule has 0 fully saturated rings. The molecule has 0 saturated carbocycles. The van der Waals surface area contributed by atoms with Crippen molar-refractivity contribution in [2.45, 2.75) is 32.5 Å². The van der Waals surface area contributed by atoms with Gasteiger partial charge in [-0.15, -0.1) is 5.10 Å². The van der Waals surface area contributed by atoms with Crippen LogP contribution in [0, 0.1) is 5.82 Å². The van der Waals surface area contributed by atoms with Crippen molar-refractivity contribution in [1.82, 2.24) is 19.9 Å². The molecule has 1 aromatic carbocycles. The molecule has 2 aromatic heterocycles. The fourth-order valence-corrected chi connectivity index (χ4v) is 2.90. The van der Waals surface area contributed by atoms with Crippen molar-refractivity contribution in [3.05, 3.63) is 41.8 Å². The van der Waals surface area contributed by atoms with Crippen LogP contribution in [0.1, 0.15) is 25.8 Å². The molecule has 0 unspecified atom stereocenters. The zero-order valence-electron chi connectivity index (χ0n) is 17.8. The second-order valence-corrected chi connectivity index (χ2v) is 7.37. The molecule has 2 heterocycles. The van der Waals surface area contributed by atoms with E-state index in [1.807, 2.05) is 0 Å². The number of aliphatic hydroxyl groups excluding tert-OH is 1. The van der Waals surface area contributed by atoms with E-state index < -0.39 is 30.1 Å². The van der Waals surface area contributed by atoms with E-state index in [-0.39, 0.29) is 42.3 Å². The van der Waals surface area contributed by atoms with Crippen molar-refractivity contribution in [1.29, 1.82) is 0 Å². The maximum atomic E-state index is 13.7. The van der Waals surface area contributed by atoms with Gasteiger partial charge in [0.2, 0.25) is 11.8 Å². The van der Waals surface area contributed by atoms with Gasteiger partial charge in [-0.25, -0.2) is 13.9 Å². The summed E-state index contributed by atoms with van der Waals surface area (Å²) in [5, 5.41) is 15.7. The maximum absolute atomic E-state index is 13.7. The van der Waals surface area contributed by atoms with Crippen LogP contribution >= 0.6 is 0 Å². The molecule has 3 rings (SSSR count). The molecule has 0 aliphatic rings. The summed E-state index contributed by atoms with van der Waals surface area (Å²) in [7, 11) is 0. The number of aromatic nitrogens is 3. The smallest absolute Gasteiger partial charge is 0.419 e. The highest BCUT2D eigenvalue weighted by Gasteiger charge is 2.34. The van der Waals surface area contributed by atoms with Crippen LogP contribution in [0.15, 0.2) is 30.5 Å². The minimum Gasteiger partial charge on any atom is -0.476 e. The molecule has 3 aromatic rings. The number of amides is 1. The Labute approximate surface area is 186 Å². The van der Waals surface area contributed by atoms with E-state index in [1.165, 1.54) is 16.8 Å². The lowest BCUT2D eigenvalue weighted by molar-refractivity contribution is -0.140. The number of nitrogens with zero attached hydrogens (tertiary/aromatic N) is 3. The van der Waals surface area contributed by atoms with Gasteiger partial charge in [-0.1, -0.05) is 0 Å². The van der Waals surface area contributed by atoms with Gasteiger partial charge in [0, 0.05) is 30.7 Å². The van der Waals surface area contributed by atoms with Crippen molar-refractivity contribution in [2.24, 2.45) is 0 Å². The highest BCUT2D eigenvalue weighted by molar-refractivity contribution is 5.78. The number of fused-ring (bicyclic) bond motifs is 1. The first-order chi connectivity index (χ1) is 15.6. The number of ether oxygens (including phenoxy) is 2. The van der Waals surface area contributed by atoms with Crippen LogP contribution in [-0.2, 0) is 11.0 Å². The molecule has 0 radical (unpaired) electrons. The largest absolute Gasteiger partial charge is 0.476 e. The van der Waals surface area contributed by atoms with Gasteiger partial charge >= 0.3 is 6.18 Å². The number of benzene rings is 1. The number of aliphatic hydroxyl groups is 1. The summed E-state index contributed by atoms with van der Waals surface area (Å²) in [6, 6.07) is 3.85. The van der Waals surface area contributed by atoms with Gasteiger partial charge in [0.25, 0.3) is 5.91 Å². The number of carbonyl (C=O) groups excluding carboxylic acids is 1. The van der Waals surface area contributed by atoms with E-state index in [4.69, 9.17) is 14.6 Å². The standard InChI is InChI=1S/C21H22F4N4O4/c1-12(2)26-18(31)11-33-20-17-9-19(32-7-3-6-30)28-29(17)10-16(27-20)13-4-5-15(22)14(8-13)21(23,24)25/h4-5,8-10,12,30H,3,6-7,11H2,1-2H3,(H,26,31). The SMILES string of the molecule is CC(C)NC(=O)COc1nc(-c2ccc(F)c(C(F)(F)F)c2)cn2nc(OCCCO)cc12. The van der Waals surface area contributed by atoms with E-state index in [9.17, 15) is 22.4 Å². The summed E-state index contributed by atoms with van der Waals surface area (Å²) in [6.45, 7) is 3.25. The summed E-state index contributed by atoms with van der Waals surface area (Å²) >= 11 is 0. The Kier molecular flexibility index (Phi) is 7.36. The van der Waals surface area contributed by atoms with Gasteiger partial charge in [-0.05, 0) is 32.0 Å². The first-order valence-electron chi connectivity index (χ1n) is 10.0. The van der Waals surface area contributed by atoms with Crippen molar-refractivity contribution >= 4 is 11.4 Å². The Balaban J connectivity index is 2.02. The van der Waals surface area contributed by atoms with Crippen LogP contribution in [0.5, 0.6) is 11.8 Å². The van der Waals surface area contributed by atoms with Crippen molar-refractivity contribution in [2.75, 3.05) is 19.8 Å². The number of nitrogens with one attached hydrogen (secondary N) is 1. The molecule has 8 nitrogen and oxygen atoms in total. The molecule has 33 heavy (non-hydrogen) atoms. The Morgan fingerprint density at radius 1 is 1.24 bits per heavy atom. The molecule has 12 heteroatoms. The lowest BCUT2D eigenvalue weighted by Crippen LogP contribution is -2.34. The van der Waals surface area contributed by atoms with Crippen LogP contribution in [0.3, 0.4) is 0 Å². The molecule has 0 aliphatic carbocycles. The van der Waals surface area contributed by atoms with Crippen LogP contribution in [0.4, 0.5) is 17.6 Å². The molecule has 0 spiro atoms. The van der Waals surface area contributed by atoms with E-state index in [0.29, 0.717) is 24.1 Å². The van der Waals surface area contributed by atoms with Crippen molar-refractivity contribution in [3.8, 4) is 23.0 Å². The zero-order chi connectivity index (χ0) is 24.2. The Morgan fingerprint density at radius 3 is 2.67 bits per heavy atom. The van der Waals surface area contributed by atoms with Crippen LogP contribution in [0.25, 0.3) is 16.8 Å². The minimum absolute atomic E-state index is 0.0114. The second-order valence-electron chi connectivity index (χ2n) is 7.37. The first-order valence-corrected chi connectivity index (χ1v) is 10.0. The van der Waals surface area contributed by atoms with Crippen LogP contribution < -0.4 is 14.8 Å². The van der Waals surface area contributed by atoms with Crippen LogP contribution in [0.2, 0.25) is 0 Å². The normalized spacial score (nSPS) is 11.8. The van der Waals surface area contributed by atoms with E-state index >= 15 is 0 Å². The van der Waals surface area contributed by atoms with Crippen molar-refractivity contribution in [3.63, 3.8) is 0 Å². The van der Waals surface area contributed by atoms with Gasteiger partial charge in [0.1, 0.15) is 11.3 Å². The quantitative estimate of drug-likeness (QED) is 0.368. The predicted octanol–water partition coefficient (Wildman–Crippen LogP) is 3.22. The summed E-state index contributed by atoms with van der Waals surface area (Å²) in [5.74, 6) is -1.74. The van der Waals surface area contributed by atoms with Gasteiger partial charge in [0.05, 0.1) is 24.1 Å². The molecule has 2 N–H and O–H groups in total. The monoisotopic (exact) mass is 470 g/mol. The highest BCUT2D eigenvalue weighted by Crippen LogP contribution is 2.35. The predicted molar refractivity (Wildman–Crippen MR) is 109 cm³/mol. The number of halogens is 4. The lowest BCUT2D eigenvalue weighted by atomic mass is 10.1. The summed E-state index contributed by atoms with van der Waals surface area (Å²) in [6.07, 6.45) is -3.19. The van der Waals surface area contributed by atoms with E-state index in [2.05, 4.69) is 15.4 Å². The number of alkyl halides is 3. The number of hydrogen-bond donors (Lipinski definition) is 2. The average molecular weight is 470 g/mol. The van der Waals surface area contributed by atoms with Gasteiger partial charge in [-0.3, -0.25) is 4.79 Å². The molecule has 1 amide bonds. The zero-order valence-corrected chi connectivity index (χ0v) is 17.8. The minimum atomic E-state index is -4.89. The third-order valence-corrected chi connectivity index (χ3v) is 4.31. The Hall–Kier alpha value is -3.41. The number of hydrogen-bond acceptors (Lipinski definition) is 6. The van der Waals surface area contributed by atoms with Crippen molar-refractivity contribution < 1.29 is 36.9 Å². The van der Waals surface area contributed by atoms with E-state index in [1.54, 1.807) is 13.8 Å². The topological polar surface area (TPSA) is 98.0 Å². The Morgan fingerprint density at radius 2 is 2.00 bits per heavy atom.